The van der Waals surface area contributed by atoms with Crippen molar-refractivity contribution in [2.24, 2.45) is 0 Å². The predicted octanol–water partition coefficient (Wildman–Crippen LogP) is 5.16. The maximum atomic E-state index is 12.2. The Labute approximate surface area is 183 Å². The summed E-state index contributed by atoms with van der Waals surface area (Å²) in [4.78, 5) is 24.0. The topological polar surface area (TPSA) is 64.6 Å². The smallest absolute Gasteiger partial charge is 0.306 e. The lowest BCUT2D eigenvalue weighted by atomic mass is 10.1. The van der Waals surface area contributed by atoms with Crippen LogP contribution in [0, 0.1) is 0 Å². The third-order valence-electron chi connectivity index (χ3n) is 4.64. The van der Waals surface area contributed by atoms with Gasteiger partial charge in [-0.1, -0.05) is 66.7 Å². The van der Waals surface area contributed by atoms with Gasteiger partial charge in [-0.25, -0.2) is 0 Å². The summed E-state index contributed by atoms with van der Waals surface area (Å²) in [7, 11) is 0. The lowest BCUT2D eigenvalue weighted by Crippen LogP contribution is -2.15. The number of ether oxygens (including phenoxy) is 2. The number of aryl methyl sites for hydroxylation is 1. The average molecular weight is 418 g/mol. The first-order valence-corrected chi connectivity index (χ1v) is 10.5. The first-order valence-electron chi connectivity index (χ1n) is 10.5. The zero-order valence-electron chi connectivity index (χ0n) is 17.5. The van der Waals surface area contributed by atoms with Gasteiger partial charge in [0.25, 0.3) is 0 Å². The fraction of sp³-hybridized carbons (Fsp3) is 0.231. The molecular weight excluding hydrogens is 390 g/mol. The van der Waals surface area contributed by atoms with Crippen LogP contribution in [0.4, 0.5) is 5.69 Å². The van der Waals surface area contributed by atoms with E-state index >= 15 is 0 Å². The summed E-state index contributed by atoms with van der Waals surface area (Å²) in [6, 6.07) is 27.1. The van der Waals surface area contributed by atoms with Gasteiger partial charge in [-0.05, 0) is 36.1 Å². The molecule has 0 aliphatic heterocycles. The maximum absolute atomic E-state index is 12.2. The molecule has 0 aliphatic rings. The van der Waals surface area contributed by atoms with Crippen LogP contribution in [0.25, 0.3) is 0 Å². The molecule has 0 saturated heterocycles. The number of amides is 1. The molecule has 3 rings (SSSR count). The Morgan fingerprint density at radius 3 is 2.23 bits per heavy atom. The van der Waals surface area contributed by atoms with Crippen molar-refractivity contribution in [2.45, 2.75) is 32.3 Å². The van der Waals surface area contributed by atoms with Crippen molar-refractivity contribution >= 4 is 17.6 Å². The van der Waals surface area contributed by atoms with Crippen molar-refractivity contribution in [2.75, 3.05) is 11.9 Å². The van der Waals surface area contributed by atoms with Crippen LogP contribution in [0.2, 0.25) is 0 Å². The zero-order valence-corrected chi connectivity index (χ0v) is 17.5. The van der Waals surface area contributed by atoms with Crippen LogP contribution >= 0.6 is 0 Å². The molecule has 160 valence electrons. The van der Waals surface area contributed by atoms with E-state index in [1.54, 1.807) is 12.1 Å². The molecule has 0 heterocycles. The number of hydrogen-bond donors (Lipinski definition) is 1. The molecule has 5 nitrogen and oxygen atoms in total. The highest BCUT2D eigenvalue weighted by Gasteiger charge is 2.09. The van der Waals surface area contributed by atoms with E-state index in [1.807, 2.05) is 72.8 Å². The van der Waals surface area contributed by atoms with Crippen LogP contribution in [0.1, 0.15) is 30.4 Å². The lowest BCUT2D eigenvalue weighted by molar-refractivity contribution is -0.144. The van der Waals surface area contributed by atoms with Crippen LogP contribution < -0.4 is 10.1 Å². The van der Waals surface area contributed by atoms with Gasteiger partial charge in [0.1, 0.15) is 12.4 Å². The van der Waals surface area contributed by atoms with Crippen molar-refractivity contribution in [1.29, 1.82) is 0 Å². The summed E-state index contributed by atoms with van der Waals surface area (Å²) >= 11 is 0. The molecule has 31 heavy (non-hydrogen) atoms. The molecule has 0 saturated carbocycles. The van der Waals surface area contributed by atoms with Crippen molar-refractivity contribution in [3.05, 3.63) is 96.1 Å². The first-order chi connectivity index (χ1) is 15.2. The minimum absolute atomic E-state index is 0.0569. The number of benzene rings is 3. The lowest BCUT2D eigenvalue weighted by Gasteiger charge is -2.09. The molecule has 0 aliphatic carbocycles. The molecule has 1 N–H and O–H groups in total. The van der Waals surface area contributed by atoms with E-state index in [9.17, 15) is 9.59 Å². The molecule has 0 bridgehead atoms. The van der Waals surface area contributed by atoms with Crippen LogP contribution in [-0.2, 0) is 27.4 Å². The fourth-order valence-electron chi connectivity index (χ4n) is 3.02. The van der Waals surface area contributed by atoms with E-state index in [2.05, 4.69) is 5.32 Å². The molecule has 5 heteroatoms. The SMILES string of the molecule is O=C(CCC(=O)OCCCc1ccccc1)Nc1cccc(OCc2ccccc2)c1. The Hall–Kier alpha value is -3.60. The summed E-state index contributed by atoms with van der Waals surface area (Å²) in [5.74, 6) is 0.0732. The third kappa shape index (κ3) is 8.34. The highest BCUT2D eigenvalue weighted by atomic mass is 16.5. The van der Waals surface area contributed by atoms with Gasteiger partial charge >= 0.3 is 5.97 Å². The van der Waals surface area contributed by atoms with Gasteiger partial charge in [0, 0.05) is 18.2 Å². The maximum Gasteiger partial charge on any atom is 0.306 e. The second-order valence-corrected chi connectivity index (χ2v) is 7.16. The van der Waals surface area contributed by atoms with E-state index in [1.165, 1.54) is 5.56 Å². The molecule has 3 aromatic rings. The number of esters is 1. The number of anilines is 1. The monoisotopic (exact) mass is 417 g/mol. The molecule has 0 atom stereocenters. The van der Waals surface area contributed by atoms with Gasteiger partial charge in [-0.15, -0.1) is 0 Å². The normalized spacial score (nSPS) is 10.3. The van der Waals surface area contributed by atoms with Crippen molar-refractivity contribution in [3.8, 4) is 5.75 Å². The summed E-state index contributed by atoms with van der Waals surface area (Å²) in [5.41, 5.74) is 2.92. The van der Waals surface area contributed by atoms with Crippen molar-refractivity contribution in [1.82, 2.24) is 0 Å². The quantitative estimate of drug-likeness (QED) is 0.346. The Morgan fingerprint density at radius 1 is 0.774 bits per heavy atom. The molecule has 0 spiro atoms. The van der Waals surface area contributed by atoms with E-state index in [0.29, 0.717) is 24.7 Å². The number of hydrogen-bond acceptors (Lipinski definition) is 4. The van der Waals surface area contributed by atoms with Gasteiger partial charge in [-0.2, -0.15) is 0 Å². The van der Waals surface area contributed by atoms with E-state index < -0.39 is 0 Å². The highest BCUT2D eigenvalue weighted by Crippen LogP contribution is 2.19. The zero-order chi connectivity index (χ0) is 21.7. The largest absolute Gasteiger partial charge is 0.489 e. The number of carbonyl (C=O) groups excluding carboxylic acids is 2. The molecule has 0 unspecified atom stereocenters. The Bertz CT molecular complexity index is 957. The Balaban J connectivity index is 1.34. The molecule has 3 aromatic carbocycles. The van der Waals surface area contributed by atoms with Crippen molar-refractivity contribution < 1.29 is 19.1 Å². The summed E-state index contributed by atoms with van der Waals surface area (Å²) < 4.78 is 11.0. The second-order valence-electron chi connectivity index (χ2n) is 7.16. The Kier molecular flexibility index (Phi) is 8.68. The number of carbonyl (C=O) groups is 2. The van der Waals surface area contributed by atoms with Gasteiger partial charge in [0.05, 0.1) is 13.0 Å². The number of nitrogens with one attached hydrogen (secondary N) is 1. The molecular formula is C26H27NO4. The number of rotatable bonds is 11. The minimum Gasteiger partial charge on any atom is -0.489 e. The second kappa shape index (κ2) is 12.2. The van der Waals surface area contributed by atoms with Gasteiger partial charge in [-0.3, -0.25) is 9.59 Å². The van der Waals surface area contributed by atoms with Crippen LogP contribution in [0.5, 0.6) is 5.75 Å². The summed E-state index contributed by atoms with van der Waals surface area (Å²) in [5, 5.41) is 2.80. The Morgan fingerprint density at radius 2 is 1.48 bits per heavy atom. The molecule has 0 radical (unpaired) electrons. The predicted molar refractivity (Wildman–Crippen MR) is 121 cm³/mol. The minimum atomic E-state index is -0.358. The van der Waals surface area contributed by atoms with Crippen LogP contribution in [-0.4, -0.2) is 18.5 Å². The van der Waals surface area contributed by atoms with E-state index in [0.717, 1.165) is 18.4 Å². The fourth-order valence-corrected chi connectivity index (χ4v) is 3.02. The van der Waals surface area contributed by atoms with E-state index in [4.69, 9.17) is 9.47 Å². The van der Waals surface area contributed by atoms with Crippen LogP contribution in [0.15, 0.2) is 84.9 Å². The van der Waals surface area contributed by atoms with Gasteiger partial charge < -0.3 is 14.8 Å². The molecule has 1 amide bonds. The third-order valence-corrected chi connectivity index (χ3v) is 4.64. The van der Waals surface area contributed by atoms with E-state index in [-0.39, 0.29) is 24.7 Å². The van der Waals surface area contributed by atoms with Crippen LogP contribution in [0.3, 0.4) is 0 Å². The average Bonchev–Trinajstić information content (AvgIpc) is 2.81. The highest BCUT2D eigenvalue weighted by molar-refractivity contribution is 5.92. The van der Waals surface area contributed by atoms with Gasteiger partial charge in [0.15, 0.2) is 0 Å². The molecule has 0 aromatic heterocycles. The van der Waals surface area contributed by atoms with Gasteiger partial charge in [0.2, 0.25) is 5.91 Å². The first kappa shape index (κ1) is 22.1. The summed E-state index contributed by atoms with van der Waals surface area (Å²) in [6.45, 7) is 0.810. The van der Waals surface area contributed by atoms with Crippen molar-refractivity contribution in [3.63, 3.8) is 0 Å². The standard InChI is InChI=1S/C26H27NO4/c28-25(16-17-26(29)30-18-8-13-21-9-3-1-4-10-21)27-23-14-7-15-24(19-23)31-20-22-11-5-2-6-12-22/h1-7,9-12,14-15,19H,8,13,16-18,20H2,(H,27,28). The molecule has 0 fully saturated rings. The summed E-state index contributed by atoms with van der Waals surface area (Å²) in [6.07, 6.45) is 1.75.